The topological polar surface area (TPSA) is 9.23 Å². The van der Waals surface area contributed by atoms with Gasteiger partial charge in [-0.2, -0.15) is 0 Å². The van der Waals surface area contributed by atoms with Crippen molar-refractivity contribution in [2.75, 3.05) is 6.61 Å². The largest absolute Gasteiger partial charge is 0.489 e. The van der Waals surface area contributed by atoms with Crippen LogP contribution in [0.3, 0.4) is 0 Å². The van der Waals surface area contributed by atoms with E-state index in [4.69, 9.17) is 4.74 Å². The first-order valence-corrected chi connectivity index (χ1v) is 5.55. The van der Waals surface area contributed by atoms with Crippen LogP contribution < -0.4 is 4.74 Å². The van der Waals surface area contributed by atoms with Crippen LogP contribution >= 0.6 is 0 Å². The van der Waals surface area contributed by atoms with Gasteiger partial charge in [-0.15, -0.1) is 0 Å². The van der Waals surface area contributed by atoms with E-state index in [2.05, 4.69) is 13.5 Å². The highest BCUT2D eigenvalue weighted by atomic mass is 19.1. The van der Waals surface area contributed by atoms with Crippen molar-refractivity contribution in [3.05, 3.63) is 42.2 Å². The number of halogens is 1. The lowest BCUT2D eigenvalue weighted by Gasteiger charge is -2.24. The maximum absolute atomic E-state index is 13.9. The summed E-state index contributed by atoms with van der Waals surface area (Å²) in [4.78, 5) is 0. The van der Waals surface area contributed by atoms with Gasteiger partial charge in [0.15, 0.2) is 0 Å². The molecule has 0 N–H and O–H groups in total. The second-order valence-electron chi connectivity index (χ2n) is 4.48. The summed E-state index contributed by atoms with van der Waals surface area (Å²) in [5.74, 6) is 0.349. The lowest BCUT2D eigenvalue weighted by Crippen LogP contribution is -2.17. The Morgan fingerprint density at radius 1 is 1.44 bits per heavy atom. The maximum Gasteiger partial charge on any atom is 0.130 e. The van der Waals surface area contributed by atoms with Crippen LogP contribution in [0.5, 0.6) is 5.75 Å². The first kappa shape index (κ1) is 12.8. The van der Waals surface area contributed by atoms with Crippen LogP contribution in [-0.2, 0) is 5.41 Å². The molecule has 0 saturated carbocycles. The molecule has 16 heavy (non-hydrogen) atoms. The standard InChI is InChI=1S/C14H19FO/c1-5-9-16-11-7-8-12(13(15)10-11)14(3,4)6-2/h5,7-8,10H,1,6,9H2,2-4H3. The molecule has 0 fully saturated rings. The second-order valence-corrected chi connectivity index (χ2v) is 4.48. The second kappa shape index (κ2) is 5.15. The fourth-order valence-electron chi connectivity index (χ4n) is 1.48. The van der Waals surface area contributed by atoms with Gasteiger partial charge < -0.3 is 4.74 Å². The summed E-state index contributed by atoms with van der Waals surface area (Å²) >= 11 is 0. The minimum absolute atomic E-state index is 0.138. The van der Waals surface area contributed by atoms with Crippen molar-refractivity contribution in [3.8, 4) is 5.75 Å². The van der Waals surface area contributed by atoms with Gasteiger partial charge in [0.05, 0.1) is 0 Å². The molecule has 0 bridgehead atoms. The highest BCUT2D eigenvalue weighted by Gasteiger charge is 2.22. The molecule has 1 aromatic rings. The average molecular weight is 222 g/mol. The summed E-state index contributed by atoms with van der Waals surface area (Å²) in [6.07, 6.45) is 2.54. The smallest absolute Gasteiger partial charge is 0.130 e. The van der Waals surface area contributed by atoms with Gasteiger partial charge in [0.2, 0.25) is 0 Å². The van der Waals surface area contributed by atoms with E-state index in [1.165, 1.54) is 6.07 Å². The van der Waals surface area contributed by atoms with E-state index in [1.54, 1.807) is 18.2 Å². The lowest BCUT2D eigenvalue weighted by molar-refractivity contribution is 0.359. The Morgan fingerprint density at radius 3 is 2.62 bits per heavy atom. The molecule has 0 saturated heterocycles. The highest BCUT2D eigenvalue weighted by Crippen LogP contribution is 2.30. The van der Waals surface area contributed by atoms with Crippen LogP contribution in [0.2, 0.25) is 0 Å². The summed E-state index contributed by atoms with van der Waals surface area (Å²) in [7, 11) is 0. The molecule has 0 unspecified atom stereocenters. The van der Waals surface area contributed by atoms with E-state index >= 15 is 0 Å². The molecular formula is C14H19FO. The van der Waals surface area contributed by atoms with E-state index in [-0.39, 0.29) is 11.2 Å². The molecule has 0 atom stereocenters. The van der Waals surface area contributed by atoms with E-state index in [0.29, 0.717) is 12.4 Å². The van der Waals surface area contributed by atoms with Gasteiger partial charge in [-0.25, -0.2) is 4.39 Å². The predicted octanol–water partition coefficient (Wildman–Crippen LogP) is 4.08. The Balaban J connectivity index is 2.95. The number of hydrogen-bond donors (Lipinski definition) is 0. The quantitative estimate of drug-likeness (QED) is 0.682. The lowest BCUT2D eigenvalue weighted by atomic mass is 9.82. The van der Waals surface area contributed by atoms with Crippen LogP contribution in [0.25, 0.3) is 0 Å². The molecular weight excluding hydrogens is 203 g/mol. The Bertz CT molecular complexity index is 369. The molecule has 0 aromatic heterocycles. The van der Waals surface area contributed by atoms with Crippen LogP contribution in [0, 0.1) is 5.82 Å². The molecule has 0 heterocycles. The van der Waals surface area contributed by atoms with Crippen molar-refractivity contribution < 1.29 is 9.13 Å². The third-order valence-corrected chi connectivity index (χ3v) is 2.92. The third-order valence-electron chi connectivity index (χ3n) is 2.92. The van der Waals surface area contributed by atoms with Crippen molar-refractivity contribution in [2.45, 2.75) is 32.6 Å². The highest BCUT2D eigenvalue weighted by molar-refractivity contribution is 5.33. The molecule has 0 aliphatic heterocycles. The maximum atomic E-state index is 13.9. The molecule has 1 nitrogen and oxygen atoms in total. The van der Waals surface area contributed by atoms with Crippen molar-refractivity contribution in [3.63, 3.8) is 0 Å². The zero-order valence-corrected chi connectivity index (χ0v) is 10.2. The zero-order valence-electron chi connectivity index (χ0n) is 10.2. The normalized spacial score (nSPS) is 11.2. The van der Waals surface area contributed by atoms with E-state index in [9.17, 15) is 4.39 Å². The van der Waals surface area contributed by atoms with Gasteiger partial charge >= 0.3 is 0 Å². The number of ether oxygens (including phenoxy) is 1. The number of hydrogen-bond acceptors (Lipinski definition) is 1. The summed E-state index contributed by atoms with van der Waals surface area (Å²) in [5, 5.41) is 0. The SMILES string of the molecule is C=CCOc1ccc(C(C)(C)CC)c(F)c1. The van der Waals surface area contributed by atoms with Gasteiger partial charge in [0, 0.05) is 6.07 Å². The van der Waals surface area contributed by atoms with Crippen molar-refractivity contribution >= 4 is 0 Å². The summed E-state index contributed by atoms with van der Waals surface area (Å²) in [6, 6.07) is 5.05. The first-order chi connectivity index (χ1) is 7.51. The Kier molecular flexibility index (Phi) is 4.11. The molecule has 1 rings (SSSR count). The van der Waals surface area contributed by atoms with Gasteiger partial charge in [-0.3, -0.25) is 0 Å². The first-order valence-electron chi connectivity index (χ1n) is 5.55. The van der Waals surface area contributed by atoms with Crippen LogP contribution in [0.15, 0.2) is 30.9 Å². The average Bonchev–Trinajstić information content (AvgIpc) is 2.26. The van der Waals surface area contributed by atoms with Crippen LogP contribution in [-0.4, -0.2) is 6.61 Å². The minimum atomic E-state index is -0.201. The van der Waals surface area contributed by atoms with Gasteiger partial charge in [-0.05, 0) is 23.5 Å². The van der Waals surface area contributed by atoms with E-state index in [0.717, 1.165) is 12.0 Å². The predicted molar refractivity (Wildman–Crippen MR) is 65.4 cm³/mol. The molecule has 2 heteroatoms. The van der Waals surface area contributed by atoms with Gasteiger partial charge in [0.25, 0.3) is 0 Å². The molecule has 0 aliphatic rings. The van der Waals surface area contributed by atoms with Gasteiger partial charge in [-0.1, -0.05) is 39.5 Å². The molecule has 1 aromatic carbocycles. The fourth-order valence-corrected chi connectivity index (χ4v) is 1.48. The monoisotopic (exact) mass is 222 g/mol. The van der Waals surface area contributed by atoms with Crippen LogP contribution in [0.4, 0.5) is 4.39 Å². The zero-order chi connectivity index (χ0) is 12.2. The molecule has 0 aliphatic carbocycles. The molecule has 0 amide bonds. The van der Waals surface area contributed by atoms with Crippen molar-refractivity contribution in [2.24, 2.45) is 0 Å². The number of benzene rings is 1. The summed E-state index contributed by atoms with van der Waals surface area (Å²) in [5.41, 5.74) is 0.599. The van der Waals surface area contributed by atoms with Crippen molar-refractivity contribution in [1.82, 2.24) is 0 Å². The van der Waals surface area contributed by atoms with E-state index in [1.807, 2.05) is 13.8 Å². The summed E-state index contributed by atoms with van der Waals surface area (Å²) < 4.78 is 19.1. The van der Waals surface area contributed by atoms with Crippen molar-refractivity contribution in [1.29, 1.82) is 0 Å². The molecule has 0 radical (unpaired) electrons. The van der Waals surface area contributed by atoms with Gasteiger partial charge in [0.1, 0.15) is 18.2 Å². The Morgan fingerprint density at radius 2 is 2.12 bits per heavy atom. The fraction of sp³-hybridized carbons (Fsp3) is 0.429. The summed E-state index contributed by atoms with van der Waals surface area (Å²) in [6.45, 7) is 10.1. The minimum Gasteiger partial charge on any atom is -0.489 e. The Labute approximate surface area is 96.9 Å². The molecule has 0 spiro atoms. The third kappa shape index (κ3) is 2.84. The number of rotatable bonds is 5. The van der Waals surface area contributed by atoms with E-state index < -0.39 is 0 Å². The Hall–Kier alpha value is -1.31. The molecule has 88 valence electrons. The van der Waals surface area contributed by atoms with Crippen LogP contribution in [0.1, 0.15) is 32.8 Å².